The second-order valence-electron chi connectivity index (χ2n) is 5.68. The number of aryl methyl sites for hydroxylation is 1. The number of rotatable bonds is 2. The highest BCUT2D eigenvalue weighted by Gasteiger charge is 2.25. The number of anilines is 1. The SMILES string of the molecule is Cc1ccc(-c2cncc3cc(/C=C4/SC(=O)NC4=O)oc23)cc1N. The monoisotopic (exact) mass is 351 g/mol. The summed E-state index contributed by atoms with van der Waals surface area (Å²) in [4.78, 5) is 27.5. The highest BCUT2D eigenvalue weighted by atomic mass is 32.2. The Balaban J connectivity index is 1.81. The van der Waals surface area contributed by atoms with E-state index < -0.39 is 5.91 Å². The van der Waals surface area contributed by atoms with Crippen molar-refractivity contribution in [3.05, 3.63) is 52.9 Å². The molecule has 3 heterocycles. The molecule has 4 rings (SSSR count). The van der Waals surface area contributed by atoms with Crippen LogP contribution in [-0.2, 0) is 4.79 Å². The number of nitrogens with one attached hydrogen (secondary N) is 1. The Labute approximate surface area is 147 Å². The van der Waals surface area contributed by atoms with Crippen LogP contribution in [0.4, 0.5) is 10.5 Å². The molecule has 1 aliphatic heterocycles. The van der Waals surface area contributed by atoms with Gasteiger partial charge in [-0.1, -0.05) is 12.1 Å². The second-order valence-corrected chi connectivity index (χ2v) is 6.69. The number of aromatic nitrogens is 1. The Morgan fingerprint density at radius 3 is 2.80 bits per heavy atom. The first-order chi connectivity index (χ1) is 12.0. The van der Waals surface area contributed by atoms with Crippen molar-refractivity contribution in [3.8, 4) is 11.1 Å². The van der Waals surface area contributed by atoms with Gasteiger partial charge in [0.15, 0.2) is 0 Å². The fourth-order valence-electron chi connectivity index (χ4n) is 2.62. The number of fused-ring (bicyclic) bond motifs is 1. The molecule has 1 aromatic carbocycles. The first-order valence-electron chi connectivity index (χ1n) is 7.50. The van der Waals surface area contributed by atoms with Gasteiger partial charge in [0.25, 0.3) is 11.1 Å². The van der Waals surface area contributed by atoms with E-state index in [2.05, 4.69) is 10.3 Å². The fourth-order valence-corrected chi connectivity index (χ4v) is 3.28. The van der Waals surface area contributed by atoms with Crippen LogP contribution in [-0.4, -0.2) is 16.1 Å². The van der Waals surface area contributed by atoms with E-state index in [-0.39, 0.29) is 5.24 Å². The van der Waals surface area contributed by atoms with Crippen LogP contribution in [0.15, 0.2) is 46.0 Å². The molecule has 0 aliphatic carbocycles. The fraction of sp³-hybridized carbons (Fsp3) is 0.0556. The van der Waals surface area contributed by atoms with E-state index in [1.54, 1.807) is 24.5 Å². The van der Waals surface area contributed by atoms with Crippen molar-refractivity contribution < 1.29 is 14.0 Å². The zero-order valence-electron chi connectivity index (χ0n) is 13.2. The van der Waals surface area contributed by atoms with Gasteiger partial charge in [-0.3, -0.25) is 19.9 Å². The number of hydrogen-bond acceptors (Lipinski definition) is 6. The third-order valence-electron chi connectivity index (χ3n) is 3.95. The maximum atomic E-state index is 11.7. The topological polar surface area (TPSA) is 98.2 Å². The normalized spacial score (nSPS) is 16.0. The van der Waals surface area contributed by atoms with Crippen LogP contribution >= 0.6 is 11.8 Å². The number of carbonyl (C=O) groups is 2. The third-order valence-corrected chi connectivity index (χ3v) is 4.76. The average Bonchev–Trinajstić information content (AvgIpc) is 3.12. The summed E-state index contributed by atoms with van der Waals surface area (Å²) in [5.74, 6) is 0.0665. The van der Waals surface area contributed by atoms with Gasteiger partial charge in [0.1, 0.15) is 11.3 Å². The number of imide groups is 1. The molecule has 6 nitrogen and oxygen atoms in total. The first kappa shape index (κ1) is 15.5. The number of pyridine rings is 1. The Morgan fingerprint density at radius 2 is 2.08 bits per heavy atom. The molecule has 3 N–H and O–H groups in total. The first-order valence-corrected chi connectivity index (χ1v) is 8.32. The van der Waals surface area contributed by atoms with E-state index in [0.717, 1.165) is 33.8 Å². The van der Waals surface area contributed by atoms with Crippen molar-refractivity contribution in [1.29, 1.82) is 0 Å². The second kappa shape index (κ2) is 5.78. The molecule has 1 saturated heterocycles. The van der Waals surface area contributed by atoms with Crippen molar-refractivity contribution in [2.24, 2.45) is 0 Å². The van der Waals surface area contributed by atoms with Crippen LogP contribution in [0.5, 0.6) is 0 Å². The summed E-state index contributed by atoms with van der Waals surface area (Å²) in [6.45, 7) is 1.95. The molecule has 0 atom stereocenters. The number of nitrogens with zero attached hydrogens (tertiary/aromatic N) is 1. The molecule has 0 bridgehead atoms. The molecule has 0 spiro atoms. The Morgan fingerprint density at radius 1 is 1.24 bits per heavy atom. The maximum Gasteiger partial charge on any atom is 0.290 e. The number of carbonyl (C=O) groups excluding carboxylic acids is 2. The Kier molecular flexibility index (Phi) is 3.58. The molecule has 0 unspecified atom stereocenters. The number of nitrogen functional groups attached to an aromatic ring is 1. The minimum absolute atomic E-state index is 0.304. The van der Waals surface area contributed by atoms with Gasteiger partial charge in [-0.25, -0.2) is 0 Å². The van der Waals surface area contributed by atoms with Crippen LogP contribution in [0.2, 0.25) is 0 Å². The zero-order chi connectivity index (χ0) is 17.6. The van der Waals surface area contributed by atoms with Crippen molar-refractivity contribution >= 4 is 45.6 Å². The van der Waals surface area contributed by atoms with E-state index in [0.29, 0.717) is 21.9 Å². The molecule has 1 fully saturated rings. The number of nitrogens with two attached hydrogens (primary N) is 1. The smallest absolute Gasteiger partial charge is 0.290 e. The molecule has 25 heavy (non-hydrogen) atoms. The molecule has 0 radical (unpaired) electrons. The molecule has 0 saturated carbocycles. The Hall–Kier alpha value is -3.06. The minimum Gasteiger partial charge on any atom is -0.456 e. The summed E-state index contributed by atoms with van der Waals surface area (Å²) in [5.41, 5.74) is 10.1. The lowest BCUT2D eigenvalue weighted by atomic mass is 10.0. The van der Waals surface area contributed by atoms with Crippen LogP contribution in [0, 0.1) is 6.92 Å². The standard InChI is InChI=1S/C18H13N3O3S/c1-9-2-3-10(5-14(9)19)13-8-20-7-11-4-12(24-16(11)13)6-15-17(22)21-18(23)25-15/h2-8H,19H2,1H3,(H,21,22,23)/b15-6+. The van der Waals surface area contributed by atoms with Crippen LogP contribution in [0.3, 0.4) is 0 Å². The minimum atomic E-state index is -0.417. The lowest BCUT2D eigenvalue weighted by Crippen LogP contribution is -2.17. The van der Waals surface area contributed by atoms with Gasteiger partial charge >= 0.3 is 0 Å². The molecular weight excluding hydrogens is 338 g/mol. The van der Waals surface area contributed by atoms with Crippen LogP contribution in [0.25, 0.3) is 28.2 Å². The van der Waals surface area contributed by atoms with E-state index >= 15 is 0 Å². The molecule has 124 valence electrons. The van der Waals surface area contributed by atoms with Gasteiger partial charge in [0.05, 0.1) is 4.91 Å². The van der Waals surface area contributed by atoms with Crippen molar-refractivity contribution in [2.45, 2.75) is 6.92 Å². The summed E-state index contributed by atoms with van der Waals surface area (Å²) in [5, 5.41) is 2.64. The maximum absolute atomic E-state index is 11.7. The molecule has 3 aromatic rings. The molecule has 7 heteroatoms. The van der Waals surface area contributed by atoms with E-state index in [4.69, 9.17) is 10.2 Å². The third kappa shape index (κ3) is 2.78. The molecule has 2 aromatic heterocycles. The van der Waals surface area contributed by atoms with Crippen molar-refractivity contribution in [3.63, 3.8) is 0 Å². The van der Waals surface area contributed by atoms with Gasteiger partial charge in [-0.05, 0) is 41.9 Å². The van der Waals surface area contributed by atoms with Gasteiger partial charge in [-0.15, -0.1) is 0 Å². The predicted molar refractivity (Wildman–Crippen MR) is 97.7 cm³/mol. The summed E-state index contributed by atoms with van der Waals surface area (Å²) in [7, 11) is 0. The Bertz CT molecular complexity index is 1070. The number of furan rings is 1. The summed E-state index contributed by atoms with van der Waals surface area (Å²) in [6, 6.07) is 7.57. The van der Waals surface area contributed by atoms with E-state index in [9.17, 15) is 9.59 Å². The predicted octanol–water partition coefficient (Wildman–Crippen LogP) is 3.71. The quantitative estimate of drug-likeness (QED) is 0.539. The largest absolute Gasteiger partial charge is 0.456 e. The summed E-state index contributed by atoms with van der Waals surface area (Å²) < 4.78 is 5.91. The summed E-state index contributed by atoms with van der Waals surface area (Å²) in [6.07, 6.45) is 4.96. The number of amides is 2. The lowest BCUT2D eigenvalue weighted by molar-refractivity contribution is -0.115. The molecule has 2 amide bonds. The molecular formula is C18H13N3O3S. The zero-order valence-corrected chi connectivity index (χ0v) is 14.0. The van der Waals surface area contributed by atoms with Crippen molar-refractivity contribution in [1.82, 2.24) is 10.3 Å². The number of thioether (sulfide) groups is 1. The average molecular weight is 351 g/mol. The van der Waals surface area contributed by atoms with Gasteiger partial charge in [-0.2, -0.15) is 0 Å². The van der Waals surface area contributed by atoms with E-state index in [1.807, 2.05) is 25.1 Å². The van der Waals surface area contributed by atoms with Crippen LogP contribution < -0.4 is 11.1 Å². The van der Waals surface area contributed by atoms with E-state index in [1.165, 1.54) is 0 Å². The van der Waals surface area contributed by atoms with Gasteiger partial charge in [0, 0.05) is 35.1 Å². The highest BCUT2D eigenvalue weighted by molar-refractivity contribution is 8.18. The van der Waals surface area contributed by atoms with Crippen molar-refractivity contribution in [2.75, 3.05) is 5.73 Å². The number of benzene rings is 1. The lowest BCUT2D eigenvalue weighted by Gasteiger charge is -2.05. The van der Waals surface area contributed by atoms with Gasteiger partial charge < -0.3 is 10.2 Å². The van der Waals surface area contributed by atoms with Gasteiger partial charge in [0.2, 0.25) is 0 Å². The summed E-state index contributed by atoms with van der Waals surface area (Å²) >= 11 is 0.852. The van der Waals surface area contributed by atoms with Crippen LogP contribution in [0.1, 0.15) is 11.3 Å². The molecule has 1 aliphatic rings. The highest BCUT2D eigenvalue weighted by Crippen LogP contribution is 2.33. The number of hydrogen-bond donors (Lipinski definition) is 2.